The minimum Gasteiger partial charge on any atom is -0.396 e. The number of nitrogens with zero attached hydrogens (tertiary/aromatic N) is 2. The van der Waals surface area contributed by atoms with E-state index in [0.29, 0.717) is 16.5 Å². The van der Waals surface area contributed by atoms with E-state index < -0.39 is 26.1 Å². The van der Waals surface area contributed by atoms with Gasteiger partial charge in [-0.1, -0.05) is 18.8 Å². The number of aryl methyl sites for hydroxylation is 1. The van der Waals surface area contributed by atoms with E-state index in [2.05, 4.69) is 28.7 Å². The van der Waals surface area contributed by atoms with E-state index in [1.165, 1.54) is 23.3 Å². The number of hydrogen-bond donors (Lipinski definition) is 3. The predicted octanol–water partition coefficient (Wildman–Crippen LogP) is 0.469. The summed E-state index contributed by atoms with van der Waals surface area (Å²) >= 11 is 0. The molecule has 1 aromatic heterocycles. The third-order valence-corrected chi connectivity index (χ3v) is 8.31. The number of nitrogens with one attached hydrogen (secondary N) is 1. The molecule has 0 spiro atoms. The highest BCUT2D eigenvalue weighted by atomic mass is 32.2. The second kappa shape index (κ2) is 8.99. The average Bonchev–Trinajstić information content (AvgIpc) is 3.44. The SMILES string of the molecule is CC(CCn1cnc2cc(C#CC#C[C@@H]3C[C@@]3(C)CO)ccc2c1=O)(C(=O)NO)S(C)(=O)=O. The first kappa shape index (κ1) is 24.5. The number of fused-ring (bicyclic) bond motifs is 1. The lowest BCUT2D eigenvalue weighted by Crippen LogP contribution is -2.50. The number of hydrogen-bond acceptors (Lipinski definition) is 7. The fourth-order valence-electron chi connectivity index (χ4n) is 3.35. The van der Waals surface area contributed by atoms with Gasteiger partial charge in [0.15, 0.2) is 14.6 Å². The zero-order valence-electron chi connectivity index (χ0n) is 18.5. The fourth-order valence-corrected chi connectivity index (χ4v) is 4.19. The molecule has 1 heterocycles. The number of aliphatic hydroxyl groups is 1. The number of sulfone groups is 1. The molecular formula is C23H25N3O6S. The summed E-state index contributed by atoms with van der Waals surface area (Å²) in [5, 5.41) is 18.5. The zero-order valence-corrected chi connectivity index (χ0v) is 19.4. The number of aliphatic hydroxyl groups excluding tert-OH is 1. The minimum absolute atomic E-state index is 0.0934. The van der Waals surface area contributed by atoms with Gasteiger partial charge in [-0.25, -0.2) is 18.9 Å². The second-order valence-electron chi connectivity index (χ2n) is 8.76. The Hall–Kier alpha value is -3.18. The number of rotatable bonds is 6. The Morgan fingerprint density at radius 3 is 2.73 bits per heavy atom. The highest BCUT2D eigenvalue weighted by Crippen LogP contribution is 2.51. The zero-order chi connectivity index (χ0) is 24.4. The summed E-state index contributed by atoms with van der Waals surface area (Å²) in [5.74, 6) is 10.6. The van der Waals surface area contributed by atoms with Crippen LogP contribution in [-0.2, 0) is 21.2 Å². The summed E-state index contributed by atoms with van der Waals surface area (Å²) in [6.45, 7) is 3.18. The Labute approximate surface area is 191 Å². The van der Waals surface area contributed by atoms with E-state index in [1.807, 2.05) is 6.92 Å². The molecule has 1 unspecified atom stereocenters. The highest BCUT2D eigenvalue weighted by Gasteiger charge is 2.48. The van der Waals surface area contributed by atoms with Crippen molar-refractivity contribution < 1.29 is 23.5 Å². The van der Waals surface area contributed by atoms with Crippen LogP contribution < -0.4 is 11.0 Å². The maximum atomic E-state index is 12.8. The average molecular weight is 472 g/mol. The normalized spacial score (nSPS) is 21.2. The third kappa shape index (κ3) is 4.93. The molecule has 174 valence electrons. The molecule has 10 heteroatoms. The van der Waals surface area contributed by atoms with Gasteiger partial charge in [-0.3, -0.25) is 19.4 Å². The molecule has 1 amide bonds. The number of benzene rings is 1. The van der Waals surface area contributed by atoms with Crippen molar-refractivity contribution >= 4 is 26.6 Å². The highest BCUT2D eigenvalue weighted by molar-refractivity contribution is 7.92. The van der Waals surface area contributed by atoms with Crippen LogP contribution in [0, 0.1) is 35.0 Å². The van der Waals surface area contributed by atoms with Gasteiger partial charge in [0, 0.05) is 36.3 Å². The quantitative estimate of drug-likeness (QED) is 0.316. The van der Waals surface area contributed by atoms with Gasteiger partial charge in [0.05, 0.1) is 17.2 Å². The van der Waals surface area contributed by atoms with Crippen LogP contribution in [-0.4, -0.2) is 51.8 Å². The molecule has 1 fully saturated rings. The van der Waals surface area contributed by atoms with Crippen molar-refractivity contribution in [3.63, 3.8) is 0 Å². The van der Waals surface area contributed by atoms with Gasteiger partial charge in [0.2, 0.25) is 0 Å². The van der Waals surface area contributed by atoms with Crippen LogP contribution in [0.4, 0.5) is 0 Å². The molecular weight excluding hydrogens is 446 g/mol. The van der Waals surface area contributed by atoms with Crippen LogP contribution in [0.25, 0.3) is 10.9 Å². The molecule has 1 aromatic carbocycles. The van der Waals surface area contributed by atoms with Crippen LogP contribution in [0.5, 0.6) is 0 Å². The maximum Gasteiger partial charge on any atom is 0.264 e. The van der Waals surface area contributed by atoms with Crippen LogP contribution in [0.2, 0.25) is 0 Å². The Morgan fingerprint density at radius 2 is 2.12 bits per heavy atom. The molecule has 3 N–H and O–H groups in total. The molecule has 0 radical (unpaired) electrons. The topological polar surface area (TPSA) is 139 Å². The van der Waals surface area contributed by atoms with Crippen molar-refractivity contribution in [3.05, 3.63) is 40.4 Å². The standard InChI is InChI=1S/C23H25N3O6S/c1-22(14-27)13-17(22)7-5-4-6-16-8-9-18-19(12-16)24-15-26(20(18)28)11-10-23(2,21(29)25-30)33(3,31)32/h8-9,12,15,17,27,30H,10-11,13-14H2,1-3H3,(H,25,29)/t17-,22+,23?/m1/s1. The van der Waals surface area contributed by atoms with Gasteiger partial charge in [-0.05, 0) is 49.8 Å². The van der Waals surface area contributed by atoms with E-state index in [-0.39, 0.29) is 30.9 Å². The molecule has 1 saturated carbocycles. The summed E-state index contributed by atoms with van der Waals surface area (Å²) in [7, 11) is -3.87. The molecule has 3 rings (SSSR count). The predicted molar refractivity (Wildman–Crippen MR) is 122 cm³/mol. The second-order valence-corrected chi connectivity index (χ2v) is 11.2. The largest absolute Gasteiger partial charge is 0.396 e. The van der Waals surface area contributed by atoms with Crippen molar-refractivity contribution in [2.24, 2.45) is 11.3 Å². The van der Waals surface area contributed by atoms with Crippen molar-refractivity contribution in [2.45, 2.75) is 38.0 Å². The third-order valence-electron chi connectivity index (χ3n) is 6.28. The molecule has 33 heavy (non-hydrogen) atoms. The first-order valence-electron chi connectivity index (χ1n) is 10.2. The minimum atomic E-state index is -3.87. The summed E-state index contributed by atoms with van der Waals surface area (Å²) in [6, 6.07) is 4.91. The van der Waals surface area contributed by atoms with Crippen LogP contribution >= 0.6 is 0 Å². The first-order chi connectivity index (χ1) is 15.4. The number of amides is 1. The summed E-state index contributed by atoms with van der Waals surface area (Å²) in [6.07, 6.45) is 2.80. The van der Waals surface area contributed by atoms with E-state index in [0.717, 1.165) is 12.7 Å². The maximum absolute atomic E-state index is 12.8. The summed E-state index contributed by atoms with van der Waals surface area (Å²) in [4.78, 5) is 29.0. The van der Waals surface area contributed by atoms with E-state index >= 15 is 0 Å². The van der Waals surface area contributed by atoms with Gasteiger partial charge in [0.25, 0.3) is 11.5 Å². The fraction of sp³-hybridized carbons (Fsp3) is 0.435. The van der Waals surface area contributed by atoms with Gasteiger partial charge >= 0.3 is 0 Å². The van der Waals surface area contributed by atoms with Crippen LogP contribution in [0.3, 0.4) is 0 Å². The number of carbonyl (C=O) groups is 1. The first-order valence-corrected chi connectivity index (χ1v) is 12.1. The smallest absolute Gasteiger partial charge is 0.264 e. The summed E-state index contributed by atoms with van der Waals surface area (Å²) < 4.78 is 23.5. The molecule has 0 aliphatic heterocycles. The van der Waals surface area contributed by atoms with Crippen molar-refractivity contribution in [1.29, 1.82) is 0 Å². The molecule has 9 nitrogen and oxygen atoms in total. The van der Waals surface area contributed by atoms with Crippen molar-refractivity contribution in [1.82, 2.24) is 15.0 Å². The van der Waals surface area contributed by atoms with Crippen LogP contribution in [0.1, 0.15) is 32.3 Å². The summed E-state index contributed by atoms with van der Waals surface area (Å²) in [5.41, 5.74) is 1.92. The Morgan fingerprint density at radius 1 is 1.39 bits per heavy atom. The Kier molecular flexibility index (Phi) is 6.66. The van der Waals surface area contributed by atoms with E-state index in [4.69, 9.17) is 5.21 Å². The van der Waals surface area contributed by atoms with Crippen molar-refractivity contribution in [3.8, 4) is 23.7 Å². The molecule has 2 aromatic rings. The number of aromatic nitrogens is 2. The number of hydroxylamine groups is 1. The van der Waals surface area contributed by atoms with E-state index in [9.17, 15) is 23.1 Å². The van der Waals surface area contributed by atoms with Gasteiger partial charge < -0.3 is 5.11 Å². The Balaban J connectivity index is 1.80. The van der Waals surface area contributed by atoms with Gasteiger partial charge in [-0.2, -0.15) is 0 Å². The van der Waals surface area contributed by atoms with Crippen LogP contribution in [0.15, 0.2) is 29.3 Å². The molecule has 0 bridgehead atoms. The lowest BCUT2D eigenvalue weighted by molar-refractivity contribution is -0.131. The Bertz CT molecular complexity index is 1390. The lowest BCUT2D eigenvalue weighted by atomic mass is 10.1. The van der Waals surface area contributed by atoms with E-state index in [1.54, 1.807) is 18.2 Å². The molecule has 1 aliphatic carbocycles. The number of carbonyl (C=O) groups excluding carboxylic acids is 1. The van der Waals surface area contributed by atoms with Gasteiger partial charge in [-0.15, -0.1) is 0 Å². The molecule has 3 atom stereocenters. The monoisotopic (exact) mass is 471 g/mol. The molecule has 1 aliphatic rings. The van der Waals surface area contributed by atoms with Gasteiger partial charge in [0.1, 0.15) is 0 Å². The lowest BCUT2D eigenvalue weighted by Gasteiger charge is -2.25. The molecule has 0 saturated heterocycles. The van der Waals surface area contributed by atoms with Crippen molar-refractivity contribution in [2.75, 3.05) is 12.9 Å².